The number of aromatic nitrogens is 1. The van der Waals surface area contributed by atoms with E-state index < -0.39 is 10.1 Å². The number of amides is 1. The van der Waals surface area contributed by atoms with Crippen LogP contribution in [0.1, 0.15) is 28.2 Å². The lowest BCUT2D eigenvalue weighted by atomic mass is 9.84. The van der Waals surface area contributed by atoms with E-state index in [2.05, 4.69) is 15.2 Å². The Labute approximate surface area is 202 Å². The summed E-state index contributed by atoms with van der Waals surface area (Å²) in [6.45, 7) is 5.06. The predicted octanol–water partition coefficient (Wildman–Crippen LogP) is 4.01. The molecule has 6 rings (SSSR count). The van der Waals surface area contributed by atoms with Gasteiger partial charge in [0.25, 0.3) is 16.0 Å². The molecular formula is C24H26FN3O4S2. The summed E-state index contributed by atoms with van der Waals surface area (Å²) in [6.07, 6.45) is 3.89. The summed E-state index contributed by atoms with van der Waals surface area (Å²) in [7, 11) is -4.02. The van der Waals surface area contributed by atoms with Gasteiger partial charge in [-0.2, -0.15) is 8.42 Å². The molecule has 34 heavy (non-hydrogen) atoms. The van der Waals surface area contributed by atoms with Crippen LogP contribution in [0.25, 0.3) is 10.4 Å². The van der Waals surface area contributed by atoms with Crippen LogP contribution in [0.4, 0.5) is 4.39 Å². The largest absolute Gasteiger partial charge is 0.346 e. The number of hydrogen-bond acceptors (Lipinski definition) is 6. The summed E-state index contributed by atoms with van der Waals surface area (Å²) in [6, 6.07) is 12.8. The van der Waals surface area contributed by atoms with Crippen molar-refractivity contribution in [2.45, 2.75) is 30.7 Å². The van der Waals surface area contributed by atoms with Gasteiger partial charge in [-0.3, -0.25) is 9.35 Å². The molecule has 4 heterocycles. The van der Waals surface area contributed by atoms with Crippen LogP contribution in [-0.4, -0.2) is 54.4 Å². The topological polar surface area (TPSA) is 99.6 Å². The molecule has 2 N–H and O–H groups in total. The molecule has 10 heteroatoms. The van der Waals surface area contributed by atoms with Crippen molar-refractivity contribution in [2.24, 2.45) is 5.92 Å². The first kappa shape index (κ1) is 24.5. The Hall–Kier alpha value is -2.66. The molecule has 180 valence electrons. The Kier molecular flexibility index (Phi) is 7.42. The molecule has 2 bridgehead atoms. The monoisotopic (exact) mass is 503 g/mol. The zero-order valence-electron chi connectivity index (χ0n) is 18.6. The average molecular weight is 504 g/mol. The lowest BCUT2D eigenvalue weighted by Crippen LogP contribution is -2.57. The van der Waals surface area contributed by atoms with Gasteiger partial charge in [-0.25, -0.2) is 9.37 Å². The van der Waals surface area contributed by atoms with Crippen LogP contribution in [0.2, 0.25) is 0 Å². The Morgan fingerprint density at radius 3 is 2.41 bits per heavy atom. The van der Waals surface area contributed by atoms with E-state index in [1.807, 2.05) is 6.92 Å². The molecule has 0 aliphatic carbocycles. The smallest absolute Gasteiger partial charge is 0.294 e. The number of benzene rings is 2. The quantitative estimate of drug-likeness (QED) is 0.522. The molecule has 3 aromatic rings. The van der Waals surface area contributed by atoms with Gasteiger partial charge in [0.1, 0.15) is 5.82 Å². The third kappa shape index (κ3) is 5.87. The van der Waals surface area contributed by atoms with Crippen molar-refractivity contribution in [1.29, 1.82) is 0 Å². The van der Waals surface area contributed by atoms with Crippen LogP contribution in [0, 0.1) is 18.7 Å². The fourth-order valence-corrected chi connectivity index (χ4v) is 5.56. The van der Waals surface area contributed by atoms with Gasteiger partial charge in [-0.05, 0) is 57.0 Å². The lowest BCUT2D eigenvalue weighted by molar-refractivity contribution is 0.0620. The zero-order valence-corrected chi connectivity index (χ0v) is 20.3. The third-order valence-electron chi connectivity index (χ3n) is 6.13. The summed E-state index contributed by atoms with van der Waals surface area (Å²) in [5.74, 6) is 0.145. The molecule has 0 radical (unpaired) electrons. The van der Waals surface area contributed by atoms with Crippen molar-refractivity contribution in [3.63, 3.8) is 0 Å². The number of nitrogens with one attached hydrogen (secondary N) is 1. The molecule has 3 aliphatic heterocycles. The van der Waals surface area contributed by atoms with Gasteiger partial charge < -0.3 is 10.2 Å². The molecule has 1 atom stereocenters. The summed E-state index contributed by atoms with van der Waals surface area (Å²) in [4.78, 5) is 19.6. The molecule has 3 saturated heterocycles. The number of halogens is 1. The number of rotatable bonds is 4. The molecule has 0 saturated carbocycles. The van der Waals surface area contributed by atoms with Gasteiger partial charge in [0.2, 0.25) is 0 Å². The van der Waals surface area contributed by atoms with E-state index in [1.54, 1.807) is 36.5 Å². The van der Waals surface area contributed by atoms with Crippen LogP contribution in [0.3, 0.4) is 0 Å². The van der Waals surface area contributed by atoms with E-state index in [1.165, 1.54) is 29.5 Å². The SMILES string of the molecule is Cc1ccc(S(=O)(=O)O)cc1.O=C(N[C@H]1CN2CCC1CC2)c1ncc(-c2ccccc2F)s1. The van der Waals surface area contributed by atoms with E-state index in [0.717, 1.165) is 38.0 Å². The Morgan fingerprint density at radius 2 is 1.82 bits per heavy atom. The number of fused-ring (bicyclic) bond motifs is 3. The number of aryl methyl sites for hydroxylation is 1. The highest BCUT2D eigenvalue weighted by molar-refractivity contribution is 7.85. The van der Waals surface area contributed by atoms with Crippen molar-refractivity contribution in [3.8, 4) is 10.4 Å². The normalized spacial score (nSPS) is 21.4. The van der Waals surface area contributed by atoms with Gasteiger partial charge in [0.15, 0.2) is 5.01 Å². The molecule has 0 unspecified atom stereocenters. The highest BCUT2D eigenvalue weighted by atomic mass is 32.2. The highest BCUT2D eigenvalue weighted by Crippen LogP contribution is 2.30. The van der Waals surface area contributed by atoms with E-state index in [9.17, 15) is 17.6 Å². The summed E-state index contributed by atoms with van der Waals surface area (Å²) >= 11 is 1.24. The summed E-state index contributed by atoms with van der Waals surface area (Å²) < 4.78 is 43.4. The second kappa shape index (κ2) is 10.3. The molecule has 3 fully saturated rings. The maximum absolute atomic E-state index is 13.8. The molecule has 7 nitrogen and oxygen atoms in total. The lowest BCUT2D eigenvalue weighted by Gasteiger charge is -2.44. The fraction of sp³-hybridized carbons (Fsp3) is 0.333. The van der Waals surface area contributed by atoms with Crippen LogP contribution < -0.4 is 5.32 Å². The molecule has 1 amide bonds. The highest BCUT2D eigenvalue weighted by Gasteiger charge is 2.35. The maximum Gasteiger partial charge on any atom is 0.294 e. The standard InChI is InChI=1S/C17H18FN3OS.C7H8O3S/c18-13-4-2-1-3-12(13)15-9-19-17(23-15)16(22)20-14-10-21-7-5-11(14)6-8-21;1-6-2-4-7(5-3-6)11(8,9)10/h1-4,9,11,14H,5-8,10H2,(H,20,22);2-5H,1H3,(H,8,9,10)/t14-;/m0./s1. The van der Waals surface area contributed by atoms with Gasteiger partial charge >= 0.3 is 0 Å². The second-order valence-corrected chi connectivity index (χ2v) is 11.0. The minimum atomic E-state index is -4.02. The van der Waals surface area contributed by atoms with Crippen molar-refractivity contribution in [3.05, 3.63) is 71.1 Å². The van der Waals surface area contributed by atoms with E-state index >= 15 is 0 Å². The summed E-state index contributed by atoms with van der Waals surface area (Å²) in [5, 5.41) is 3.52. The van der Waals surface area contributed by atoms with E-state index in [0.29, 0.717) is 21.4 Å². The van der Waals surface area contributed by atoms with Crippen molar-refractivity contribution < 1.29 is 22.2 Å². The van der Waals surface area contributed by atoms with Gasteiger partial charge in [-0.1, -0.05) is 35.9 Å². The van der Waals surface area contributed by atoms with Gasteiger partial charge in [0, 0.05) is 24.3 Å². The van der Waals surface area contributed by atoms with Crippen molar-refractivity contribution in [1.82, 2.24) is 15.2 Å². The van der Waals surface area contributed by atoms with Crippen molar-refractivity contribution >= 4 is 27.4 Å². The predicted molar refractivity (Wildman–Crippen MR) is 129 cm³/mol. The van der Waals surface area contributed by atoms with Gasteiger partial charge in [-0.15, -0.1) is 11.3 Å². The first-order chi connectivity index (χ1) is 16.2. The number of hydrogen-bond donors (Lipinski definition) is 2. The average Bonchev–Trinajstić information content (AvgIpc) is 3.31. The molecule has 0 spiro atoms. The first-order valence-corrected chi connectivity index (χ1v) is 13.2. The fourth-order valence-electron chi connectivity index (χ4n) is 4.23. The minimum Gasteiger partial charge on any atom is -0.346 e. The molecule has 1 aromatic heterocycles. The molecule has 3 aliphatic rings. The minimum absolute atomic E-state index is 0.0666. The number of carbonyl (C=O) groups excluding carboxylic acids is 1. The van der Waals surface area contributed by atoms with Crippen molar-refractivity contribution in [2.75, 3.05) is 19.6 Å². The number of piperidine rings is 3. The van der Waals surface area contributed by atoms with Crippen LogP contribution >= 0.6 is 11.3 Å². The molecule has 2 aromatic carbocycles. The third-order valence-corrected chi connectivity index (χ3v) is 8.03. The number of nitrogens with zero attached hydrogens (tertiary/aromatic N) is 2. The van der Waals surface area contributed by atoms with E-state index in [4.69, 9.17) is 4.55 Å². The number of thiazole rings is 1. The Balaban J connectivity index is 0.000000210. The maximum atomic E-state index is 13.8. The Morgan fingerprint density at radius 1 is 1.15 bits per heavy atom. The summed E-state index contributed by atoms with van der Waals surface area (Å²) in [5.41, 5.74) is 1.45. The number of carbonyl (C=O) groups is 1. The van der Waals surface area contributed by atoms with Crippen LogP contribution in [0.5, 0.6) is 0 Å². The second-order valence-electron chi connectivity index (χ2n) is 8.52. The van der Waals surface area contributed by atoms with Crippen LogP contribution in [-0.2, 0) is 10.1 Å². The first-order valence-electron chi connectivity index (χ1n) is 11.0. The zero-order chi connectivity index (χ0) is 24.3. The molecular weight excluding hydrogens is 477 g/mol. The van der Waals surface area contributed by atoms with Gasteiger partial charge in [0.05, 0.1) is 9.77 Å². The van der Waals surface area contributed by atoms with Crippen LogP contribution in [0.15, 0.2) is 59.6 Å². The van der Waals surface area contributed by atoms with E-state index in [-0.39, 0.29) is 22.7 Å². The Bertz CT molecular complexity index is 1250.